The monoisotopic (exact) mass is 310 g/mol. The SMILES string of the molecule is CCC(C)C(=O)Nc1ncc(Cc2ccc(F)c(F)c2)s1. The van der Waals surface area contributed by atoms with Crippen LogP contribution in [0, 0.1) is 17.6 Å². The molecule has 6 heteroatoms. The maximum absolute atomic E-state index is 13.1. The zero-order valence-electron chi connectivity index (χ0n) is 11.8. The molecule has 0 saturated carbocycles. The third-order valence-corrected chi connectivity index (χ3v) is 4.12. The lowest BCUT2D eigenvalue weighted by Gasteiger charge is -2.06. The van der Waals surface area contributed by atoms with Crippen molar-refractivity contribution in [3.05, 3.63) is 46.5 Å². The minimum atomic E-state index is -0.859. The molecule has 0 spiro atoms. The highest BCUT2D eigenvalue weighted by atomic mass is 32.1. The molecule has 1 aromatic carbocycles. The smallest absolute Gasteiger partial charge is 0.228 e. The first-order valence-electron chi connectivity index (χ1n) is 6.69. The van der Waals surface area contributed by atoms with Crippen molar-refractivity contribution in [3.8, 4) is 0 Å². The summed E-state index contributed by atoms with van der Waals surface area (Å²) in [4.78, 5) is 16.8. The van der Waals surface area contributed by atoms with E-state index in [0.717, 1.165) is 17.4 Å². The molecule has 0 aliphatic rings. The molecule has 0 fully saturated rings. The average Bonchev–Trinajstić information content (AvgIpc) is 2.89. The summed E-state index contributed by atoms with van der Waals surface area (Å²) in [5.41, 5.74) is 0.664. The molecular weight excluding hydrogens is 294 g/mol. The second-order valence-corrected chi connectivity index (χ2v) is 5.97. The van der Waals surface area contributed by atoms with Crippen molar-refractivity contribution >= 4 is 22.4 Å². The zero-order chi connectivity index (χ0) is 15.4. The van der Waals surface area contributed by atoms with Crippen molar-refractivity contribution < 1.29 is 13.6 Å². The molecule has 1 amide bonds. The van der Waals surface area contributed by atoms with Crippen molar-refractivity contribution in [1.29, 1.82) is 0 Å². The molecule has 2 rings (SSSR count). The first kappa shape index (κ1) is 15.6. The van der Waals surface area contributed by atoms with Crippen molar-refractivity contribution in [2.75, 3.05) is 5.32 Å². The number of anilines is 1. The first-order chi connectivity index (χ1) is 9.99. The normalized spacial score (nSPS) is 12.2. The van der Waals surface area contributed by atoms with Crippen LogP contribution in [0.3, 0.4) is 0 Å². The minimum absolute atomic E-state index is 0.0637. The fourth-order valence-corrected chi connectivity index (χ4v) is 2.56. The van der Waals surface area contributed by atoms with E-state index in [4.69, 9.17) is 0 Å². The molecule has 0 bridgehead atoms. The Hall–Kier alpha value is -1.82. The lowest BCUT2D eigenvalue weighted by molar-refractivity contribution is -0.119. The minimum Gasteiger partial charge on any atom is -0.302 e. The summed E-state index contributed by atoms with van der Waals surface area (Å²) in [5, 5.41) is 3.28. The molecule has 3 nitrogen and oxygen atoms in total. The maximum atomic E-state index is 13.1. The Morgan fingerprint density at radius 2 is 2.14 bits per heavy atom. The second kappa shape index (κ2) is 6.76. The molecule has 1 atom stereocenters. The lowest BCUT2D eigenvalue weighted by atomic mass is 10.1. The number of rotatable bonds is 5. The summed E-state index contributed by atoms with van der Waals surface area (Å²) < 4.78 is 26.0. The van der Waals surface area contributed by atoms with E-state index in [1.807, 2.05) is 13.8 Å². The van der Waals surface area contributed by atoms with Crippen molar-refractivity contribution in [3.63, 3.8) is 0 Å². The number of aromatic nitrogens is 1. The first-order valence-corrected chi connectivity index (χ1v) is 7.50. The summed E-state index contributed by atoms with van der Waals surface area (Å²) in [6.45, 7) is 3.80. The van der Waals surface area contributed by atoms with Crippen LogP contribution in [0.4, 0.5) is 13.9 Å². The van der Waals surface area contributed by atoms with Gasteiger partial charge in [-0.15, -0.1) is 11.3 Å². The van der Waals surface area contributed by atoms with Crippen LogP contribution in [-0.4, -0.2) is 10.9 Å². The summed E-state index contributed by atoms with van der Waals surface area (Å²) >= 11 is 1.33. The number of hydrogen-bond donors (Lipinski definition) is 1. The van der Waals surface area contributed by atoms with Gasteiger partial charge in [-0.1, -0.05) is 19.9 Å². The van der Waals surface area contributed by atoms with Gasteiger partial charge in [0.05, 0.1) is 0 Å². The third-order valence-electron chi connectivity index (χ3n) is 3.21. The molecule has 0 radical (unpaired) electrons. The quantitative estimate of drug-likeness (QED) is 0.907. The average molecular weight is 310 g/mol. The van der Waals surface area contributed by atoms with Crippen LogP contribution in [0.25, 0.3) is 0 Å². The van der Waals surface area contributed by atoms with Crippen molar-refractivity contribution in [2.45, 2.75) is 26.7 Å². The topological polar surface area (TPSA) is 42.0 Å². The number of carbonyl (C=O) groups excluding carboxylic acids is 1. The predicted octanol–water partition coefficient (Wildman–Crippen LogP) is 4.00. The highest BCUT2D eigenvalue weighted by Gasteiger charge is 2.13. The number of halogens is 2. The number of nitrogens with zero attached hydrogens (tertiary/aromatic N) is 1. The van der Waals surface area contributed by atoms with Gasteiger partial charge < -0.3 is 5.32 Å². The van der Waals surface area contributed by atoms with Crippen LogP contribution < -0.4 is 5.32 Å². The molecule has 1 aromatic heterocycles. The van der Waals surface area contributed by atoms with Crippen LogP contribution in [0.1, 0.15) is 30.7 Å². The fourth-order valence-electron chi connectivity index (χ4n) is 1.71. The van der Waals surface area contributed by atoms with E-state index in [9.17, 15) is 13.6 Å². The van der Waals surface area contributed by atoms with Crippen LogP contribution in [-0.2, 0) is 11.2 Å². The number of amides is 1. The number of carbonyl (C=O) groups is 1. The fraction of sp³-hybridized carbons (Fsp3) is 0.333. The van der Waals surface area contributed by atoms with E-state index in [2.05, 4.69) is 10.3 Å². The Bertz CT molecular complexity index is 642. The van der Waals surface area contributed by atoms with Crippen LogP contribution in [0.2, 0.25) is 0 Å². The molecule has 0 saturated heterocycles. The van der Waals surface area contributed by atoms with E-state index in [-0.39, 0.29) is 11.8 Å². The lowest BCUT2D eigenvalue weighted by Crippen LogP contribution is -2.19. The second-order valence-electron chi connectivity index (χ2n) is 4.86. The van der Waals surface area contributed by atoms with Gasteiger partial charge in [-0.25, -0.2) is 13.8 Å². The molecule has 2 aromatic rings. The van der Waals surface area contributed by atoms with E-state index >= 15 is 0 Å². The van der Waals surface area contributed by atoms with Gasteiger partial charge in [-0.05, 0) is 24.1 Å². The molecule has 112 valence electrons. The Balaban J connectivity index is 2.03. The zero-order valence-corrected chi connectivity index (χ0v) is 12.6. The molecule has 0 aliphatic carbocycles. The Morgan fingerprint density at radius 3 is 2.81 bits per heavy atom. The molecule has 1 heterocycles. The third kappa shape index (κ3) is 4.07. The molecule has 1 N–H and O–H groups in total. The van der Waals surface area contributed by atoms with Gasteiger partial charge in [0.2, 0.25) is 5.91 Å². The Labute approximate surface area is 126 Å². The van der Waals surface area contributed by atoms with E-state index in [1.54, 1.807) is 6.20 Å². The van der Waals surface area contributed by atoms with Gasteiger partial charge in [0.25, 0.3) is 0 Å². The van der Waals surface area contributed by atoms with Gasteiger partial charge in [-0.3, -0.25) is 4.79 Å². The van der Waals surface area contributed by atoms with Crippen LogP contribution in [0.5, 0.6) is 0 Å². The Kier molecular flexibility index (Phi) is 5.01. The highest BCUT2D eigenvalue weighted by molar-refractivity contribution is 7.15. The van der Waals surface area contributed by atoms with E-state index in [0.29, 0.717) is 17.1 Å². The van der Waals surface area contributed by atoms with Crippen molar-refractivity contribution in [1.82, 2.24) is 4.98 Å². The van der Waals surface area contributed by atoms with Gasteiger partial charge >= 0.3 is 0 Å². The highest BCUT2D eigenvalue weighted by Crippen LogP contribution is 2.22. The van der Waals surface area contributed by atoms with Gasteiger partial charge in [0, 0.05) is 23.4 Å². The maximum Gasteiger partial charge on any atom is 0.228 e. The summed E-state index contributed by atoms with van der Waals surface area (Å²) in [6.07, 6.45) is 2.85. The molecular formula is C15H16F2N2OS. The van der Waals surface area contributed by atoms with E-state index in [1.165, 1.54) is 23.5 Å². The predicted molar refractivity (Wildman–Crippen MR) is 79.4 cm³/mol. The molecule has 0 aliphatic heterocycles. The van der Waals surface area contributed by atoms with Gasteiger partial charge in [0.1, 0.15) is 0 Å². The standard InChI is InChI=1S/C15H16F2N2OS/c1-3-9(2)14(20)19-15-18-8-11(21-15)6-10-4-5-12(16)13(17)7-10/h4-5,7-9H,3,6H2,1-2H3,(H,18,19,20). The summed E-state index contributed by atoms with van der Waals surface area (Å²) in [7, 11) is 0. The van der Waals surface area contributed by atoms with Crippen molar-refractivity contribution in [2.24, 2.45) is 5.92 Å². The number of thiazole rings is 1. The van der Waals surface area contributed by atoms with Crippen LogP contribution in [0.15, 0.2) is 24.4 Å². The molecule has 1 unspecified atom stereocenters. The molecule has 21 heavy (non-hydrogen) atoms. The number of nitrogens with one attached hydrogen (secondary N) is 1. The number of hydrogen-bond acceptors (Lipinski definition) is 3. The van der Waals surface area contributed by atoms with Crippen LogP contribution >= 0.6 is 11.3 Å². The summed E-state index contributed by atoms with van der Waals surface area (Å²) in [5.74, 6) is -1.85. The van der Waals surface area contributed by atoms with E-state index < -0.39 is 11.6 Å². The van der Waals surface area contributed by atoms with Gasteiger partial charge in [0.15, 0.2) is 16.8 Å². The summed E-state index contributed by atoms with van der Waals surface area (Å²) in [6, 6.07) is 3.82. The van der Waals surface area contributed by atoms with Gasteiger partial charge in [-0.2, -0.15) is 0 Å². The number of benzene rings is 1. The largest absolute Gasteiger partial charge is 0.302 e. The Morgan fingerprint density at radius 1 is 1.38 bits per heavy atom.